The first-order chi connectivity index (χ1) is 17.4. The summed E-state index contributed by atoms with van der Waals surface area (Å²) in [6.07, 6.45) is 8.36. The molecular formula is C28H40FN3O3S. The Morgan fingerprint density at radius 3 is 2.75 bits per heavy atom. The number of carboxylic acids is 1. The van der Waals surface area contributed by atoms with Crippen LogP contribution in [-0.2, 0) is 11.3 Å². The molecule has 1 aliphatic carbocycles. The van der Waals surface area contributed by atoms with Gasteiger partial charge in [-0.25, -0.2) is 4.39 Å². The standard InChI is InChI=1S/C28H40FN3O3S/c1-35-21-6-7-25-23(16-21)27(20(18-30)19-31-25)24(29)8-9-28(17-26(33)34)10-12-32(13-11-28)14-15-36-22-4-2-3-5-22/h6-7,16,19,22,24H,2-5,8-15,17-18,30H2,1H3,(H,33,34)/t24-/m0/s1. The Morgan fingerprint density at radius 2 is 2.08 bits per heavy atom. The predicted octanol–water partition coefficient (Wildman–Crippen LogP) is 5.73. The second-order valence-electron chi connectivity index (χ2n) is 10.5. The maximum Gasteiger partial charge on any atom is 0.303 e. The fourth-order valence-corrected chi connectivity index (χ4v) is 7.32. The Labute approximate surface area is 218 Å². The number of thioether (sulfide) groups is 1. The summed E-state index contributed by atoms with van der Waals surface area (Å²) >= 11 is 2.10. The minimum Gasteiger partial charge on any atom is -0.497 e. The van der Waals surface area contributed by atoms with Crippen LogP contribution in [0.4, 0.5) is 4.39 Å². The van der Waals surface area contributed by atoms with Gasteiger partial charge in [-0.15, -0.1) is 0 Å². The molecule has 36 heavy (non-hydrogen) atoms. The Kier molecular flexibility index (Phi) is 9.47. The molecule has 2 heterocycles. The Balaban J connectivity index is 1.41. The molecule has 1 aromatic carbocycles. The summed E-state index contributed by atoms with van der Waals surface area (Å²) in [4.78, 5) is 18.7. The van der Waals surface area contributed by atoms with Crippen LogP contribution in [0.5, 0.6) is 5.75 Å². The number of carboxylic acid groups (broad SMARTS) is 1. The quantitative estimate of drug-likeness (QED) is 0.372. The zero-order chi connectivity index (χ0) is 25.5. The van der Waals surface area contributed by atoms with E-state index in [1.54, 1.807) is 13.3 Å². The second-order valence-corrected chi connectivity index (χ2v) is 11.9. The molecule has 1 atom stereocenters. The van der Waals surface area contributed by atoms with E-state index in [0.717, 1.165) is 43.5 Å². The summed E-state index contributed by atoms with van der Waals surface area (Å²) in [5.41, 5.74) is 7.54. The van der Waals surface area contributed by atoms with Crippen LogP contribution in [0.1, 0.15) is 75.1 Å². The lowest BCUT2D eigenvalue weighted by Crippen LogP contribution is -2.42. The number of fused-ring (bicyclic) bond motifs is 1. The first-order valence-corrected chi connectivity index (χ1v) is 14.3. The highest BCUT2D eigenvalue weighted by Gasteiger charge is 2.37. The molecule has 0 unspecified atom stereocenters. The average molecular weight is 518 g/mol. The second kappa shape index (κ2) is 12.6. The first kappa shape index (κ1) is 27.1. The van der Waals surface area contributed by atoms with Gasteiger partial charge in [0.2, 0.25) is 0 Å². The van der Waals surface area contributed by atoms with Crippen molar-refractivity contribution >= 4 is 28.6 Å². The lowest BCUT2D eigenvalue weighted by atomic mass is 9.71. The number of halogens is 1. The van der Waals surface area contributed by atoms with Gasteiger partial charge in [-0.2, -0.15) is 11.8 Å². The number of aliphatic carboxylic acids is 1. The summed E-state index contributed by atoms with van der Waals surface area (Å²) in [5.74, 6) is 0.994. The highest BCUT2D eigenvalue weighted by atomic mass is 32.2. The van der Waals surface area contributed by atoms with Gasteiger partial charge in [0.15, 0.2) is 0 Å². The van der Waals surface area contributed by atoms with Crippen LogP contribution in [0.15, 0.2) is 24.4 Å². The monoisotopic (exact) mass is 517 g/mol. The maximum absolute atomic E-state index is 15.9. The summed E-state index contributed by atoms with van der Waals surface area (Å²) in [6, 6.07) is 5.46. The Bertz CT molecular complexity index is 1020. The molecule has 8 heteroatoms. The number of hydrogen-bond donors (Lipinski definition) is 2. The molecule has 1 aliphatic heterocycles. The van der Waals surface area contributed by atoms with Crippen LogP contribution < -0.4 is 10.5 Å². The summed E-state index contributed by atoms with van der Waals surface area (Å²) in [7, 11) is 1.59. The number of likely N-dealkylation sites (tertiary alicyclic amines) is 1. The lowest BCUT2D eigenvalue weighted by molar-refractivity contribution is -0.141. The SMILES string of the molecule is COc1ccc2ncc(CN)c([C@@H](F)CCC3(CC(=O)O)CCN(CCSC4CCCC4)CC3)c2c1. The van der Waals surface area contributed by atoms with Crippen LogP contribution in [0.2, 0.25) is 0 Å². The van der Waals surface area contributed by atoms with Gasteiger partial charge in [0.1, 0.15) is 11.9 Å². The van der Waals surface area contributed by atoms with Crippen molar-refractivity contribution in [3.05, 3.63) is 35.5 Å². The van der Waals surface area contributed by atoms with Crippen molar-refractivity contribution in [2.24, 2.45) is 11.1 Å². The van der Waals surface area contributed by atoms with E-state index in [4.69, 9.17) is 10.5 Å². The number of methoxy groups -OCH3 is 1. The number of nitrogens with two attached hydrogens (primary N) is 1. The van der Waals surface area contributed by atoms with Gasteiger partial charge in [-0.1, -0.05) is 12.8 Å². The van der Waals surface area contributed by atoms with Gasteiger partial charge >= 0.3 is 5.97 Å². The maximum atomic E-state index is 15.9. The van der Waals surface area contributed by atoms with Crippen molar-refractivity contribution in [2.75, 3.05) is 32.5 Å². The van der Waals surface area contributed by atoms with E-state index >= 15 is 4.39 Å². The van der Waals surface area contributed by atoms with Gasteiger partial charge in [0.25, 0.3) is 0 Å². The fourth-order valence-electron chi connectivity index (χ4n) is 5.96. The highest BCUT2D eigenvalue weighted by molar-refractivity contribution is 7.99. The fraction of sp³-hybridized carbons (Fsp3) is 0.643. The molecule has 3 N–H and O–H groups in total. The van der Waals surface area contributed by atoms with E-state index in [1.807, 2.05) is 18.2 Å². The van der Waals surface area contributed by atoms with E-state index < -0.39 is 12.1 Å². The Hall–Kier alpha value is -1.90. The zero-order valence-electron chi connectivity index (χ0n) is 21.4. The van der Waals surface area contributed by atoms with Gasteiger partial charge in [-0.05, 0) is 80.8 Å². The number of pyridine rings is 1. The molecule has 6 nitrogen and oxygen atoms in total. The van der Waals surface area contributed by atoms with Crippen molar-refractivity contribution in [1.82, 2.24) is 9.88 Å². The van der Waals surface area contributed by atoms with Gasteiger partial charge in [0, 0.05) is 41.2 Å². The number of piperidine rings is 1. The molecule has 1 saturated carbocycles. The van der Waals surface area contributed by atoms with Crippen LogP contribution in [0.25, 0.3) is 10.9 Å². The van der Waals surface area contributed by atoms with E-state index in [2.05, 4.69) is 21.6 Å². The van der Waals surface area contributed by atoms with Crippen LogP contribution in [0, 0.1) is 5.41 Å². The molecule has 1 aromatic heterocycles. The van der Waals surface area contributed by atoms with E-state index in [0.29, 0.717) is 34.2 Å². The van der Waals surface area contributed by atoms with Crippen molar-refractivity contribution in [1.29, 1.82) is 0 Å². The molecule has 0 radical (unpaired) electrons. The molecule has 0 spiro atoms. The van der Waals surface area contributed by atoms with Gasteiger partial charge in [0.05, 0.1) is 19.0 Å². The Morgan fingerprint density at radius 1 is 1.33 bits per heavy atom. The summed E-state index contributed by atoms with van der Waals surface area (Å²) in [6.45, 7) is 3.03. The van der Waals surface area contributed by atoms with Crippen LogP contribution in [-0.4, -0.2) is 58.7 Å². The lowest BCUT2D eigenvalue weighted by Gasteiger charge is -2.41. The number of hydrogen-bond acceptors (Lipinski definition) is 6. The number of nitrogens with zero attached hydrogens (tertiary/aromatic N) is 2. The highest BCUT2D eigenvalue weighted by Crippen LogP contribution is 2.43. The van der Waals surface area contributed by atoms with Gasteiger partial charge in [-0.3, -0.25) is 9.78 Å². The summed E-state index contributed by atoms with van der Waals surface area (Å²) < 4.78 is 21.3. The number of rotatable bonds is 12. The third-order valence-corrected chi connectivity index (χ3v) is 9.53. The first-order valence-electron chi connectivity index (χ1n) is 13.3. The number of aromatic nitrogens is 1. The molecule has 2 fully saturated rings. The molecule has 1 saturated heterocycles. The van der Waals surface area contributed by atoms with Crippen molar-refractivity contribution in [2.45, 2.75) is 75.8 Å². The van der Waals surface area contributed by atoms with Crippen LogP contribution >= 0.6 is 11.8 Å². The third-order valence-electron chi connectivity index (χ3n) is 8.17. The number of benzene rings is 1. The zero-order valence-corrected chi connectivity index (χ0v) is 22.2. The van der Waals surface area contributed by atoms with Crippen molar-refractivity contribution < 1.29 is 19.0 Å². The molecule has 2 aromatic rings. The predicted molar refractivity (Wildman–Crippen MR) is 144 cm³/mol. The summed E-state index contributed by atoms with van der Waals surface area (Å²) in [5, 5.41) is 11.2. The number of ether oxygens (including phenoxy) is 1. The number of alkyl halides is 1. The minimum absolute atomic E-state index is 0.0963. The minimum atomic E-state index is -1.24. The molecule has 0 bridgehead atoms. The smallest absolute Gasteiger partial charge is 0.303 e. The average Bonchev–Trinajstić information content (AvgIpc) is 3.40. The van der Waals surface area contributed by atoms with E-state index in [9.17, 15) is 9.90 Å². The van der Waals surface area contributed by atoms with E-state index in [-0.39, 0.29) is 24.8 Å². The normalized spacial score (nSPS) is 19.5. The molecular weight excluding hydrogens is 477 g/mol. The molecule has 2 aliphatic rings. The molecule has 198 valence electrons. The third kappa shape index (κ3) is 6.69. The van der Waals surface area contributed by atoms with Crippen LogP contribution in [0.3, 0.4) is 0 Å². The number of carbonyl (C=O) groups is 1. The van der Waals surface area contributed by atoms with Gasteiger partial charge < -0.3 is 20.5 Å². The topological polar surface area (TPSA) is 88.7 Å². The van der Waals surface area contributed by atoms with E-state index in [1.165, 1.54) is 25.7 Å². The molecule has 0 amide bonds. The van der Waals surface area contributed by atoms with Crippen molar-refractivity contribution in [3.8, 4) is 5.75 Å². The molecule has 4 rings (SSSR count). The van der Waals surface area contributed by atoms with Crippen molar-refractivity contribution in [3.63, 3.8) is 0 Å². The largest absolute Gasteiger partial charge is 0.497 e.